The van der Waals surface area contributed by atoms with Crippen LogP contribution < -0.4 is 10.6 Å². The van der Waals surface area contributed by atoms with Crippen molar-refractivity contribution < 1.29 is 9.53 Å². The molecule has 0 unspecified atom stereocenters. The zero-order valence-electron chi connectivity index (χ0n) is 12.5. The molecule has 0 aliphatic rings. The Labute approximate surface area is 154 Å². The second-order valence-corrected chi connectivity index (χ2v) is 5.76. The van der Waals surface area contributed by atoms with Crippen molar-refractivity contribution in [3.63, 3.8) is 0 Å². The minimum absolute atomic E-state index is 0.106. The molecule has 0 atom stereocenters. The molecule has 0 bridgehead atoms. The molecule has 5 nitrogen and oxygen atoms in total. The van der Waals surface area contributed by atoms with Gasteiger partial charge in [0.2, 0.25) is 0 Å². The largest absolute Gasteiger partial charge is 0.453 e. The maximum atomic E-state index is 11.2. The fourth-order valence-corrected chi connectivity index (χ4v) is 2.39. The summed E-state index contributed by atoms with van der Waals surface area (Å²) in [6.45, 7) is 0. The summed E-state index contributed by atoms with van der Waals surface area (Å²) in [5.41, 5.74) is 1.98. The summed E-state index contributed by atoms with van der Waals surface area (Å²) in [6.07, 6.45) is 0.970. The normalized spacial score (nSPS) is 10.5. The van der Waals surface area contributed by atoms with Crippen LogP contribution in [0.2, 0.25) is 10.0 Å². The molecule has 0 aromatic heterocycles. The van der Waals surface area contributed by atoms with Crippen molar-refractivity contribution in [2.45, 2.75) is 0 Å². The molecule has 0 aliphatic heterocycles. The first-order valence-electron chi connectivity index (χ1n) is 6.73. The van der Waals surface area contributed by atoms with Gasteiger partial charge in [-0.1, -0.05) is 41.4 Å². The van der Waals surface area contributed by atoms with E-state index in [1.165, 1.54) is 7.11 Å². The van der Waals surface area contributed by atoms with E-state index in [4.69, 9.17) is 35.4 Å². The number of carbonyl (C=O) groups excluding carboxylic acids is 1. The highest BCUT2D eigenvalue weighted by Gasteiger charge is 2.06. The fourth-order valence-electron chi connectivity index (χ4n) is 1.73. The number of nitrogens with one attached hydrogen (secondary N) is 2. The predicted octanol–water partition coefficient (Wildman–Crippen LogP) is 4.80. The Hall–Kier alpha value is -2.15. The average molecular weight is 382 g/mol. The Balaban J connectivity index is 2.18. The smallest absolute Gasteiger partial charge is 0.413 e. The van der Waals surface area contributed by atoms with Crippen molar-refractivity contribution in [2.75, 3.05) is 12.4 Å². The first kappa shape index (κ1) is 18.2. The third kappa shape index (κ3) is 5.19. The Morgan fingerprint density at radius 2 is 2.00 bits per heavy atom. The highest BCUT2D eigenvalue weighted by molar-refractivity contribution is 7.80. The number of nitrogens with zero attached hydrogens (tertiary/aromatic N) is 1. The number of rotatable bonds is 3. The van der Waals surface area contributed by atoms with Crippen LogP contribution in [0.3, 0.4) is 0 Å². The summed E-state index contributed by atoms with van der Waals surface area (Å²) in [7, 11) is 1.26. The number of aliphatic imine (C=N–C) groups is 1. The molecule has 2 rings (SSSR count). The van der Waals surface area contributed by atoms with Gasteiger partial charge in [0.1, 0.15) is 0 Å². The molecular weight excluding hydrogens is 369 g/mol. The van der Waals surface area contributed by atoms with Crippen LogP contribution in [0.5, 0.6) is 0 Å². The van der Waals surface area contributed by atoms with Crippen LogP contribution in [0.4, 0.5) is 16.2 Å². The van der Waals surface area contributed by atoms with Gasteiger partial charge in [-0.2, -0.15) is 0 Å². The van der Waals surface area contributed by atoms with Crippen LogP contribution in [0.1, 0.15) is 5.56 Å². The number of amides is 1. The number of halogens is 2. The number of para-hydroxylation sites is 2. The SMILES string of the molecule is COC(=O)NC(=S)Nc1ccccc1/N=C/c1ccc(Cl)cc1Cl. The molecule has 24 heavy (non-hydrogen) atoms. The number of thiocarbonyl (C=S) groups is 1. The molecule has 0 aliphatic carbocycles. The lowest BCUT2D eigenvalue weighted by Gasteiger charge is -2.10. The highest BCUT2D eigenvalue weighted by atomic mass is 35.5. The second-order valence-electron chi connectivity index (χ2n) is 4.51. The van der Waals surface area contributed by atoms with Crippen LogP contribution in [-0.4, -0.2) is 24.5 Å². The topological polar surface area (TPSA) is 62.7 Å². The Morgan fingerprint density at radius 1 is 1.25 bits per heavy atom. The number of carbonyl (C=O) groups is 1. The lowest BCUT2D eigenvalue weighted by Crippen LogP contribution is -2.33. The van der Waals surface area contributed by atoms with Gasteiger partial charge in [0.25, 0.3) is 0 Å². The van der Waals surface area contributed by atoms with Crippen molar-refractivity contribution in [3.8, 4) is 0 Å². The van der Waals surface area contributed by atoms with Crippen molar-refractivity contribution in [3.05, 3.63) is 58.1 Å². The maximum absolute atomic E-state index is 11.2. The molecule has 0 spiro atoms. The zero-order chi connectivity index (χ0) is 17.5. The first-order chi connectivity index (χ1) is 11.5. The number of methoxy groups -OCH3 is 1. The van der Waals surface area contributed by atoms with E-state index in [0.717, 1.165) is 5.56 Å². The summed E-state index contributed by atoms with van der Waals surface area (Å²) < 4.78 is 4.48. The Bertz CT molecular complexity index is 797. The molecule has 0 heterocycles. The molecule has 124 valence electrons. The Morgan fingerprint density at radius 3 is 2.71 bits per heavy atom. The monoisotopic (exact) mass is 381 g/mol. The third-order valence-electron chi connectivity index (χ3n) is 2.86. The Kier molecular flexibility index (Phi) is 6.54. The number of hydrogen-bond acceptors (Lipinski definition) is 4. The quantitative estimate of drug-likeness (QED) is 0.592. The number of alkyl carbamates (subject to hydrolysis) is 1. The fraction of sp³-hybridized carbons (Fsp3) is 0.0625. The maximum Gasteiger partial charge on any atom is 0.413 e. The number of benzene rings is 2. The van der Waals surface area contributed by atoms with E-state index in [9.17, 15) is 4.79 Å². The van der Waals surface area contributed by atoms with E-state index in [1.54, 1.807) is 36.5 Å². The number of ether oxygens (including phenoxy) is 1. The molecule has 0 saturated heterocycles. The molecule has 0 fully saturated rings. The predicted molar refractivity (Wildman–Crippen MR) is 102 cm³/mol. The summed E-state index contributed by atoms with van der Waals surface area (Å²) in [4.78, 5) is 15.6. The molecule has 0 radical (unpaired) electrons. The molecule has 0 saturated carbocycles. The summed E-state index contributed by atoms with van der Waals surface area (Å²) in [5.74, 6) is 0. The van der Waals surface area contributed by atoms with E-state index < -0.39 is 6.09 Å². The van der Waals surface area contributed by atoms with Gasteiger partial charge >= 0.3 is 6.09 Å². The van der Waals surface area contributed by atoms with Crippen molar-refractivity contribution >= 4 is 64.2 Å². The van der Waals surface area contributed by atoms with Gasteiger partial charge in [0, 0.05) is 16.8 Å². The molecule has 1 amide bonds. The minimum Gasteiger partial charge on any atom is -0.453 e. The molecular formula is C16H13Cl2N3O2S. The van der Waals surface area contributed by atoms with Crippen LogP contribution in [0.15, 0.2) is 47.5 Å². The number of hydrogen-bond donors (Lipinski definition) is 2. The minimum atomic E-state index is -0.651. The van der Waals surface area contributed by atoms with Gasteiger partial charge < -0.3 is 10.1 Å². The van der Waals surface area contributed by atoms with Gasteiger partial charge in [0.15, 0.2) is 5.11 Å². The van der Waals surface area contributed by atoms with Crippen molar-refractivity contribution in [1.29, 1.82) is 0 Å². The average Bonchev–Trinajstić information content (AvgIpc) is 2.55. The van der Waals surface area contributed by atoms with Crippen molar-refractivity contribution in [2.24, 2.45) is 4.99 Å². The van der Waals surface area contributed by atoms with E-state index in [0.29, 0.717) is 21.4 Å². The number of anilines is 1. The molecule has 2 N–H and O–H groups in total. The highest BCUT2D eigenvalue weighted by Crippen LogP contribution is 2.25. The van der Waals surface area contributed by atoms with Gasteiger partial charge in [-0.25, -0.2) is 4.79 Å². The van der Waals surface area contributed by atoms with Crippen LogP contribution >= 0.6 is 35.4 Å². The lowest BCUT2D eigenvalue weighted by atomic mass is 10.2. The van der Waals surface area contributed by atoms with Gasteiger partial charge in [0.05, 0.1) is 23.5 Å². The van der Waals surface area contributed by atoms with E-state index in [-0.39, 0.29) is 5.11 Å². The van der Waals surface area contributed by atoms with Gasteiger partial charge in [-0.15, -0.1) is 0 Å². The van der Waals surface area contributed by atoms with E-state index in [2.05, 4.69) is 20.4 Å². The van der Waals surface area contributed by atoms with Crippen LogP contribution in [0.25, 0.3) is 0 Å². The van der Waals surface area contributed by atoms with Crippen LogP contribution in [-0.2, 0) is 4.74 Å². The van der Waals surface area contributed by atoms with E-state index >= 15 is 0 Å². The molecule has 2 aromatic rings. The third-order valence-corrected chi connectivity index (χ3v) is 3.63. The van der Waals surface area contributed by atoms with Gasteiger partial charge in [-0.3, -0.25) is 10.3 Å². The first-order valence-corrected chi connectivity index (χ1v) is 7.90. The standard InChI is InChI=1S/C16H13Cl2N3O2S/c1-23-16(22)21-15(24)20-14-5-3-2-4-13(14)19-9-10-6-7-11(17)8-12(10)18/h2-9H,1H3,(H2,20,21,22,24)/b19-9+. The lowest BCUT2D eigenvalue weighted by molar-refractivity contribution is 0.177. The van der Waals surface area contributed by atoms with Crippen molar-refractivity contribution in [1.82, 2.24) is 5.32 Å². The molecule has 8 heteroatoms. The van der Waals surface area contributed by atoms with E-state index in [1.807, 2.05) is 12.1 Å². The van der Waals surface area contributed by atoms with Crippen LogP contribution in [0, 0.1) is 0 Å². The summed E-state index contributed by atoms with van der Waals surface area (Å²) in [6, 6.07) is 12.4. The van der Waals surface area contributed by atoms with Gasteiger partial charge in [-0.05, 0) is 36.5 Å². The zero-order valence-corrected chi connectivity index (χ0v) is 14.9. The molecule has 2 aromatic carbocycles. The second kappa shape index (κ2) is 8.63. The summed E-state index contributed by atoms with van der Waals surface area (Å²) >= 11 is 17.0. The summed E-state index contributed by atoms with van der Waals surface area (Å²) in [5, 5.41) is 6.41.